The average molecular weight is 456 g/mol. The number of nitrogens with two attached hydrogens (primary N) is 1. The van der Waals surface area contributed by atoms with Crippen LogP contribution in [0.2, 0.25) is 0 Å². The molecule has 1 aromatic carbocycles. The Morgan fingerprint density at radius 2 is 1.94 bits per heavy atom. The molecule has 0 spiro atoms. The van der Waals surface area contributed by atoms with Gasteiger partial charge in [0, 0.05) is 12.1 Å². The molecule has 176 valence electrons. The van der Waals surface area contributed by atoms with Crippen molar-refractivity contribution in [3.8, 4) is 0 Å². The number of allylic oxidation sites excluding steroid dienone is 12. The minimum Gasteiger partial charge on any atom is -0.402 e. The van der Waals surface area contributed by atoms with Gasteiger partial charge in [0.15, 0.2) is 5.60 Å². The second-order valence-electron chi connectivity index (χ2n) is 8.27. The van der Waals surface area contributed by atoms with E-state index in [1.54, 1.807) is 32.1 Å². The Bertz CT molecular complexity index is 994. The van der Waals surface area contributed by atoms with Crippen molar-refractivity contribution in [2.75, 3.05) is 0 Å². The Kier molecular flexibility index (Phi) is 9.30. The van der Waals surface area contributed by atoms with Crippen molar-refractivity contribution in [3.05, 3.63) is 114 Å². The largest absolute Gasteiger partial charge is 0.417 e. The summed E-state index contributed by atoms with van der Waals surface area (Å²) in [5.74, 6) is -0.516. The van der Waals surface area contributed by atoms with Crippen LogP contribution in [-0.2, 0) is 0 Å². The molecule has 0 aliphatic heterocycles. The zero-order valence-electron chi connectivity index (χ0n) is 19.1. The highest BCUT2D eigenvalue weighted by atomic mass is 19.4. The molecule has 0 heterocycles. The molecule has 3 N–H and O–H groups in total. The maximum absolute atomic E-state index is 14.0. The molecule has 0 bridgehead atoms. The molecular formula is C28H32F3NO. The summed E-state index contributed by atoms with van der Waals surface area (Å²) in [6, 6.07) is 9.67. The van der Waals surface area contributed by atoms with Crippen molar-refractivity contribution in [2.45, 2.75) is 44.9 Å². The van der Waals surface area contributed by atoms with Crippen molar-refractivity contribution in [1.29, 1.82) is 0 Å². The number of benzene rings is 1. The van der Waals surface area contributed by atoms with Gasteiger partial charge >= 0.3 is 6.18 Å². The second kappa shape index (κ2) is 11.7. The standard InChI is InChI=1S/C28H32F3NO/c1-4-11-22(12-5-2)17-26(32)20-27(33,28(29,30)31)19-21(3)24-15-9-10-16-25(18-24)23-13-7-6-8-14-23/h4-14,16-18,21,33H,1,15,19-20,32H2,2-3H3/b12-5-,22-11+,26-17-. The molecule has 0 fully saturated rings. The molecule has 1 aliphatic carbocycles. The SMILES string of the molecule is C=C/C=C(\C=C/C)/C=C(\N)CC(O)(CC(C)C1=CC(c2ccccc2)=CC=CC1)C(F)(F)F. The quantitative estimate of drug-likeness (QED) is 0.387. The number of rotatable bonds is 9. The van der Waals surface area contributed by atoms with Gasteiger partial charge in [-0.15, -0.1) is 0 Å². The first kappa shape index (κ1) is 26.2. The zero-order chi connectivity index (χ0) is 24.5. The van der Waals surface area contributed by atoms with Gasteiger partial charge in [0.1, 0.15) is 0 Å². The first-order valence-corrected chi connectivity index (χ1v) is 10.9. The van der Waals surface area contributed by atoms with Gasteiger partial charge in [-0.05, 0) is 48.5 Å². The molecule has 2 unspecified atom stereocenters. The fourth-order valence-corrected chi connectivity index (χ4v) is 3.85. The van der Waals surface area contributed by atoms with Crippen molar-refractivity contribution in [2.24, 2.45) is 11.7 Å². The summed E-state index contributed by atoms with van der Waals surface area (Å²) in [6.45, 7) is 7.11. The minimum absolute atomic E-state index is 0.0483. The van der Waals surface area contributed by atoms with E-state index in [0.29, 0.717) is 12.0 Å². The van der Waals surface area contributed by atoms with Crippen LogP contribution in [0, 0.1) is 5.92 Å². The van der Waals surface area contributed by atoms with Crippen LogP contribution in [0.25, 0.3) is 5.57 Å². The van der Waals surface area contributed by atoms with E-state index in [4.69, 9.17) is 5.73 Å². The van der Waals surface area contributed by atoms with E-state index in [0.717, 1.165) is 16.7 Å². The molecule has 1 aliphatic rings. The first-order valence-electron chi connectivity index (χ1n) is 10.9. The van der Waals surface area contributed by atoms with Crippen LogP contribution in [0.5, 0.6) is 0 Å². The number of aliphatic hydroxyl groups is 1. The van der Waals surface area contributed by atoms with E-state index in [-0.39, 0.29) is 5.70 Å². The third-order valence-corrected chi connectivity index (χ3v) is 5.54. The van der Waals surface area contributed by atoms with Crippen LogP contribution in [0.1, 0.15) is 38.7 Å². The summed E-state index contributed by atoms with van der Waals surface area (Å²) in [5, 5.41) is 10.8. The van der Waals surface area contributed by atoms with Crippen molar-refractivity contribution < 1.29 is 18.3 Å². The van der Waals surface area contributed by atoms with Gasteiger partial charge in [-0.3, -0.25) is 0 Å². The lowest BCUT2D eigenvalue weighted by atomic mass is 9.81. The number of alkyl halides is 3. The van der Waals surface area contributed by atoms with Crippen LogP contribution >= 0.6 is 0 Å². The molecule has 2 atom stereocenters. The lowest BCUT2D eigenvalue weighted by Crippen LogP contribution is -2.47. The number of halogens is 3. The van der Waals surface area contributed by atoms with Crippen molar-refractivity contribution in [1.82, 2.24) is 0 Å². The molecule has 33 heavy (non-hydrogen) atoms. The van der Waals surface area contributed by atoms with E-state index >= 15 is 0 Å². The third-order valence-electron chi connectivity index (χ3n) is 5.54. The predicted molar refractivity (Wildman–Crippen MR) is 131 cm³/mol. The summed E-state index contributed by atoms with van der Waals surface area (Å²) in [4.78, 5) is 0. The molecule has 0 amide bonds. The fourth-order valence-electron chi connectivity index (χ4n) is 3.85. The summed E-state index contributed by atoms with van der Waals surface area (Å²) in [6.07, 6.45) is 10.2. The minimum atomic E-state index is -4.83. The summed E-state index contributed by atoms with van der Waals surface area (Å²) < 4.78 is 42.1. The highest BCUT2D eigenvalue weighted by Crippen LogP contribution is 2.41. The Labute approximate surface area is 194 Å². The Morgan fingerprint density at radius 1 is 1.24 bits per heavy atom. The molecule has 2 rings (SSSR count). The van der Waals surface area contributed by atoms with Gasteiger partial charge in [-0.2, -0.15) is 13.2 Å². The molecule has 1 aromatic rings. The predicted octanol–water partition coefficient (Wildman–Crippen LogP) is 7.20. The van der Waals surface area contributed by atoms with Crippen LogP contribution in [0.3, 0.4) is 0 Å². The first-order chi connectivity index (χ1) is 15.6. The van der Waals surface area contributed by atoms with Gasteiger partial charge in [0.2, 0.25) is 0 Å². The Hall–Kier alpha value is -3.05. The maximum atomic E-state index is 14.0. The van der Waals surface area contributed by atoms with E-state index in [9.17, 15) is 18.3 Å². The Balaban J connectivity index is 2.31. The molecule has 0 radical (unpaired) electrons. The van der Waals surface area contributed by atoms with Gasteiger partial charge in [0.25, 0.3) is 0 Å². The van der Waals surface area contributed by atoms with Crippen LogP contribution in [0.4, 0.5) is 13.2 Å². The normalized spacial score (nSPS) is 18.4. The van der Waals surface area contributed by atoms with Crippen molar-refractivity contribution >= 4 is 5.57 Å². The Morgan fingerprint density at radius 3 is 2.55 bits per heavy atom. The highest BCUT2D eigenvalue weighted by Gasteiger charge is 2.54. The van der Waals surface area contributed by atoms with Gasteiger partial charge in [-0.1, -0.05) is 98.0 Å². The third kappa shape index (κ3) is 7.50. The van der Waals surface area contributed by atoms with Crippen molar-refractivity contribution in [3.63, 3.8) is 0 Å². The van der Waals surface area contributed by atoms with Gasteiger partial charge in [0.05, 0.1) is 0 Å². The molecule has 0 saturated heterocycles. The lowest BCUT2D eigenvalue weighted by molar-refractivity contribution is -0.264. The van der Waals surface area contributed by atoms with Crippen LogP contribution < -0.4 is 5.73 Å². The summed E-state index contributed by atoms with van der Waals surface area (Å²) >= 11 is 0. The lowest BCUT2D eigenvalue weighted by Gasteiger charge is -2.34. The van der Waals surface area contributed by atoms with E-state index in [1.165, 1.54) is 12.2 Å². The smallest absolute Gasteiger partial charge is 0.402 e. The summed E-state index contributed by atoms with van der Waals surface area (Å²) in [5.41, 5.74) is 6.29. The maximum Gasteiger partial charge on any atom is 0.417 e. The van der Waals surface area contributed by atoms with Gasteiger partial charge in [-0.25, -0.2) is 0 Å². The van der Waals surface area contributed by atoms with Crippen LogP contribution in [-0.4, -0.2) is 16.9 Å². The molecular weight excluding hydrogens is 423 g/mol. The van der Waals surface area contributed by atoms with E-state index in [1.807, 2.05) is 54.6 Å². The summed E-state index contributed by atoms with van der Waals surface area (Å²) in [7, 11) is 0. The van der Waals surface area contributed by atoms with E-state index < -0.39 is 30.5 Å². The molecule has 2 nitrogen and oxygen atoms in total. The fraction of sp³-hybridized carbons (Fsp3) is 0.286. The number of hydrogen-bond acceptors (Lipinski definition) is 2. The highest BCUT2D eigenvalue weighted by molar-refractivity contribution is 5.76. The van der Waals surface area contributed by atoms with E-state index in [2.05, 4.69) is 6.58 Å². The monoisotopic (exact) mass is 455 g/mol. The zero-order valence-corrected chi connectivity index (χ0v) is 19.1. The van der Waals surface area contributed by atoms with Gasteiger partial charge < -0.3 is 10.8 Å². The average Bonchev–Trinajstić information content (AvgIpc) is 3.00. The molecule has 0 aromatic heterocycles. The van der Waals surface area contributed by atoms with Crippen LogP contribution in [0.15, 0.2) is 108 Å². The molecule has 5 heteroatoms. The number of hydrogen-bond donors (Lipinski definition) is 2. The second-order valence-corrected chi connectivity index (χ2v) is 8.27. The topological polar surface area (TPSA) is 46.2 Å². The molecule has 0 saturated carbocycles.